The number of halogens is 1. The summed E-state index contributed by atoms with van der Waals surface area (Å²) in [6.07, 6.45) is 0. The van der Waals surface area contributed by atoms with Crippen LogP contribution >= 0.6 is 11.6 Å². The van der Waals surface area contributed by atoms with Gasteiger partial charge in [0.1, 0.15) is 0 Å². The minimum atomic E-state index is 0.824. The number of benzene rings is 2. The largest absolute Gasteiger partial charge is 0.382 e. The van der Waals surface area contributed by atoms with Crippen molar-refractivity contribution in [3.05, 3.63) is 59.1 Å². The van der Waals surface area contributed by atoms with E-state index in [9.17, 15) is 0 Å². The van der Waals surface area contributed by atoms with E-state index in [2.05, 4.69) is 18.2 Å². The first-order chi connectivity index (χ1) is 9.19. The van der Waals surface area contributed by atoms with Crippen LogP contribution in [-0.4, -0.2) is 13.2 Å². The van der Waals surface area contributed by atoms with Crippen LogP contribution < -0.4 is 0 Å². The molecular formula is C17H21ClO. The summed E-state index contributed by atoms with van der Waals surface area (Å²) < 4.78 is 4.83. The van der Waals surface area contributed by atoms with Crippen LogP contribution in [0.15, 0.2) is 48.5 Å². The highest BCUT2D eigenvalue weighted by Crippen LogP contribution is 2.24. The normalized spacial score (nSPS) is 9.68. The van der Waals surface area contributed by atoms with E-state index in [1.165, 1.54) is 11.1 Å². The second-order valence-corrected chi connectivity index (χ2v) is 4.52. The van der Waals surface area contributed by atoms with Gasteiger partial charge in [0.05, 0.1) is 0 Å². The standard InChI is InChI=1S/C13H11Cl.C4H10O/c1-10-9-12(7-8-13(10)14)11-5-3-2-4-6-11;1-3-5-4-2/h2-9H,1H3;3-4H2,1-2H3. The molecule has 2 heteroatoms. The van der Waals surface area contributed by atoms with Crippen LogP contribution in [0, 0.1) is 6.92 Å². The third-order valence-corrected chi connectivity index (χ3v) is 3.10. The highest BCUT2D eigenvalue weighted by atomic mass is 35.5. The van der Waals surface area contributed by atoms with Gasteiger partial charge in [-0.05, 0) is 49.6 Å². The second kappa shape index (κ2) is 8.73. The number of rotatable bonds is 3. The topological polar surface area (TPSA) is 9.23 Å². The zero-order valence-electron chi connectivity index (χ0n) is 11.8. The van der Waals surface area contributed by atoms with Crippen molar-refractivity contribution in [1.82, 2.24) is 0 Å². The van der Waals surface area contributed by atoms with E-state index in [1.54, 1.807) is 0 Å². The van der Waals surface area contributed by atoms with Gasteiger partial charge >= 0.3 is 0 Å². The van der Waals surface area contributed by atoms with Gasteiger partial charge in [-0.2, -0.15) is 0 Å². The van der Waals surface area contributed by atoms with Crippen molar-refractivity contribution < 1.29 is 4.74 Å². The summed E-state index contributed by atoms with van der Waals surface area (Å²) >= 11 is 5.97. The molecule has 2 aromatic carbocycles. The predicted octanol–water partition coefficient (Wildman–Crippen LogP) is 5.36. The van der Waals surface area contributed by atoms with Crippen LogP contribution in [0.1, 0.15) is 19.4 Å². The Kier molecular flexibility index (Phi) is 7.24. The molecule has 2 aromatic rings. The molecule has 0 saturated carbocycles. The Morgan fingerprint density at radius 2 is 1.53 bits per heavy atom. The molecule has 0 heterocycles. The number of hydrogen-bond donors (Lipinski definition) is 0. The van der Waals surface area contributed by atoms with Crippen molar-refractivity contribution in [3.8, 4) is 11.1 Å². The van der Waals surface area contributed by atoms with Gasteiger partial charge in [-0.1, -0.05) is 48.0 Å². The minimum absolute atomic E-state index is 0.824. The molecule has 0 bridgehead atoms. The van der Waals surface area contributed by atoms with Gasteiger partial charge in [0.25, 0.3) is 0 Å². The predicted molar refractivity (Wildman–Crippen MR) is 83.8 cm³/mol. The van der Waals surface area contributed by atoms with Crippen LogP contribution in [0.4, 0.5) is 0 Å². The fraction of sp³-hybridized carbons (Fsp3) is 0.294. The monoisotopic (exact) mass is 276 g/mol. The van der Waals surface area contributed by atoms with Crippen molar-refractivity contribution >= 4 is 11.6 Å². The van der Waals surface area contributed by atoms with E-state index in [1.807, 2.05) is 51.1 Å². The third kappa shape index (κ3) is 5.46. The summed E-state index contributed by atoms with van der Waals surface area (Å²) in [7, 11) is 0. The van der Waals surface area contributed by atoms with Crippen molar-refractivity contribution in [1.29, 1.82) is 0 Å². The van der Waals surface area contributed by atoms with Crippen molar-refractivity contribution in [2.75, 3.05) is 13.2 Å². The van der Waals surface area contributed by atoms with Gasteiger partial charge in [-0.3, -0.25) is 0 Å². The Hall–Kier alpha value is -1.31. The lowest BCUT2D eigenvalue weighted by Crippen LogP contribution is -1.84. The van der Waals surface area contributed by atoms with Crippen molar-refractivity contribution in [2.45, 2.75) is 20.8 Å². The Labute approximate surface area is 121 Å². The van der Waals surface area contributed by atoms with Crippen LogP contribution in [0.5, 0.6) is 0 Å². The molecule has 102 valence electrons. The summed E-state index contributed by atoms with van der Waals surface area (Å²) in [4.78, 5) is 0. The minimum Gasteiger partial charge on any atom is -0.382 e. The molecule has 0 aromatic heterocycles. The zero-order chi connectivity index (χ0) is 14.1. The number of hydrogen-bond acceptors (Lipinski definition) is 1. The van der Waals surface area contributed by atoms with E-state index in [0.29, 0.717) is 0 Å². The lowest BCUT2D eigenvalue weighted by atomic mass is 10.0. The summed E-state index contributed by atoms with van der Waals surface area (Å²) in [5.74, 6) is 0. The molecule has 0 amide bonds. The molecule has 1 nitrogen and oxygen atoms in total. The van der Waals surface area contributed by atoms with Crippen LogP contribution in [0.25, 0.3) is 11.1 Å². The van der Waals surface area contributed by atoms with E-state index in [-0.39, 0.29) is 0 Å². The molecule has 0 atom stereocenters. The first kappa shape index (κ1) is 15.7. The highest BCUT2D eigenvalue weighted by Gasteiger charge is 1.99. The zero-order valence-corrected chi connectivity index (χ0v) is 12.6. The SMILES string of the molecule is CCOCC.Cc1cc(-c2ccccc2)ccc1Cl. The Morgan fingerprint density at radius 1 is 0.895 bits per heavy atom. The fourth-order valence-electron chi connectivity index (χ4n) is 1.66. The van der Waals surface area contributed by atoms with E-state index in [4.69, 9.17) is 16.3 Å². The molecule has 0 aliphatic rings. The molecule has 0 N–H and O–H groups in total. The summed E-state index contributed by atoms with van der Waals surface area (Å²) in [6.45, 7) is 7.69. The van der Waals surface area contributed by atoms with Crippen LogP contribution in [0.3, 0.4) is 0 Å². The van der Waals surface area contributed by atoms with Crippen molar-refractivity contribution in [2.24, 2.45) is 0 Å². The van der Waals surface area contributed by atoms with Crippen LogP contribution in [-0.2, 0) is 4.74 Å². The molecule has 0 radical (unpaired) electrons. The van der Waals surface area contributed by atoms with Crippen molar-refractivity contribution in [3.63, 3.8) is 0 Å². The fourth-order valence-corrected chi connectivity index (χ4v) is 1.78. The lowest BCUT2D eigenvalue weighted by molar-refractivity contribution is 0.162. The van der Waals surface area contributed by atoms with Gasteiger partial charge in [0.15, 0.2) is 0 Å². The molecule has 0 aliphatic heterocycles. The van der Waals surface area contributed by atoms with E-state index in [0.717, 1.165) is 23.8 Å². The maximum Gasteiger partial charge on any atom is 0.0437 e. The molecule has 2 rings (SSSR count). The summed E-state index contributed by atoms with van der Waals surface area (Å²) in [5.41, 5.74) is 3.56. The van der Waals surface area contributed by atoms with E-state index < -0.39 is 0 Å². The molecule has 0 fully saturated rings. The smallest absolute Gasteiger partial charge is 0.0437 e. The second-order valence-electron chi connectivity index (χ2n) is 4.11. The Bertz CT molecular complexity index is 478. The number of aryl methyl sites for hydroxylation is 1. The van der Waals surface area contributed by atoms with Gasteiger partial charge < -0.3 is 4.74 Å². The maximum atomic E-state index is 5.97. The van der Waals surface area contributed by atoms with Gasteiger partial charge in [-0.25, -0.2) is 0 Å². The van der Waals surface area contributed by atoms with Gasteiger partial charge in [-0.15, -0.1) is 0 Å². The van der Waals surface area contributed by atoms with Crippen LogP contribution in [0.2, 0.25) is 5.02 Å². The average Bonchev–Trinajstić information content (AvgIpc) is 2.44. The molecular weight excluding hydrogens is 256 g/mol. The van der Waals surface area contributed by atoms with E-state index >= 15 is 0 Å². The molecule has 0 saturated heterocycles. The first-order valence-electron chi connectivity index (χ1n) is 6.58. The Morgan fingerprint density at radius 3 is 2.00 bits per heavy atom. The highest BCUT2D eigenvalue weighted by molar-refractivity contribution is 6.31. The molecule has 0 spiro atoms. The third-order valence-electron chi connectivity index (χ3n) is 2.67. The Balaban J connectivity index is 0.000000312. The summed E-state index contributed by atoms with van der Waals surface area (Å²) in [6, 6.07) is 16.4. The van der Waals surface area contributed by atoms with Gasteiger partial charge in [0, 0.05) is 18.2 Å². The van der Waals surface area contributed by atoms with Gasteiger partial charge in [0.2, 0.25) is 0 Å². The lowest BCUT2D eigenvalue weighted by Gasteiger charge is -2.03. The maximum absolute atomic E-state index is 5.97. The molecule has 0 unspecified atom stereocenters. The average molecular weight is 277 g/mol. The first-order valence-corrected chi connectivity index (χ1v) is 6.96. The summed E-state index contributed by atoms with van der Waals surface area (Å²) in [5, 5.41) is 0.824. The number of ether oxygens (including phenoxy) is 1. The molecule has 19 heavy (non-hydrogen) atoms. The molecule has 0 aliphatic carbocycles. The quantitative estimate of drug-likeness (QED) is 0.733.